The minimum absolute atomic E-state index is 0.272. The second kappa shape index (κ2) is 5.32. The van der Waals surface area contributed by atoms with Gasteiger partial charge in [0.25, 0.3) is 0 Å². The van der Waals surface area contributed by atoms with Crippen LogP contribution >= 0.6 is 0 Å². The number of hydrogen-bond donors (Lipinski definition) is 1. The van der Waals surface area contributed by atoms with Gasteiger partial charge < -0.3 is 15.2 Å². The molecule has 19 heavy (non-hydrogen) atoms. The van der Waals surface area contributed by atoms with Crippen molar-refractivity contribution in [2.24, 2.45) is 11.7 Å². The van der Waals surface area contributed by atoms with Crippen molar-refractivity contribution in [3.63, 3.8) is 0 Å². The van der Waals surface area contributed by atoms with Crippen LogP contribution in [-0.2, 0) is 9.47 Å². The fraction of sp³-hybridized carbons (Fsp3) is 1.00. The first-order valence-corrected chi connectivity index (χ1v) is 7.89. The highest BCUT2D eigenvalue weighted by atomic mass is 16.7. The number of rotatable bonds is 1. The lowest BCUT2D eigenvalue weighted by Gasteiger charge is -2.49. The second-order valence-electron chi connectivity index (χ2n) is 6.80. The normalized spacial score (nSPS) is 43.7. The van der Waals surface area contributed by atoms with E-state index in [0.29, 0.717) is 12.1 Å². The molecule has 0 radical (unpaired) electrons. The van der Waals surface area contributed by atoms with E-state index in [1.165, 1.54) is 19.4 Å². The van der Waals surface area contributed by atoms with E-state index < -0.39 is 0 Å². The second-order valence-corrected chi connectivity index (χ2v) is 6.80. The molecule has 2 aliphatic heterocycles. The van der Waals surface area contributed by atoms with Crippen LogP contribution in [0.15, 0.2) is 0 Å². The highest BCUT2D eigenvalue weighted by Gasteiger charge is 2.47. The van der Waals surface area contributed by atoms with Crippen LogP contribution in [0, 0.1) is 5.92 Å². The fourth-order valence-corrected chi connectivity index (χ4v) is 4.19. The molecular weight excluding hydrogens is 240 g/mol. The fourth-order valence-electron chi connectivity index (χ4n) is 4.19. The Hall–Kier alpha value is -0.160. The third-order valence-corrected chi connectivity index (χ3v) is 5.30. The first-order valence-electron chi connectivity index (χ1n) is 7.89. The Bertz CT molecular complexity index is 317. The van der Waals surface area contributed by atoms with Gasteiger partial charge in [-0.25, -0.2) is 0 Å². The van der Waals surface area contributed by atoms with Crippen LogP contribution in [0.25, 0.3) is 0 Å². The number of ether oxygens (including phenoxy) is 2. The molecule has 0 aromatic rings. The molecular formula is C15H28N2O2. The summed E-state index contributed by atoms with van der Waals surface area (Å²) in [4.78, 5) is 2.62. The molecule has 4 heteroatoms. The molecule has 4 atom stereocenters. The standard InChI is InChI=1S/C15H28N2O2/c1-11-4-6-17(12(2)9-11)14-10-15(5-3-13(14)16)18-7-8-19-15/h11-14H,3-10,16H2,1-2H3. The zero-order valence-corrected chi connectivity index (χ0v) is 12.3. The summed E-state index contributed by atoms with van der Waals surface area (Å²) in [7, 11) is 0. The van der Waals surface area contributed by atoms with E-state index in [9.17, 15) is 0 Å². The van der Waals surface area contributed by atoms with Gasteiger partial charge in [0.1, 0.15) is 0 Å². The van der Waals surface area contributed by atoms with Crippen molar-refractivity contribution < 1.29 is 9.47 Å². The monoisotopic (exact) mass is 268 g/mol. The van der Waals surface area contributed by atoms with Crippen LogP contribution < -0.4 is 5.73 Å². The van der Waals surface area contributed by atoms with E-state index in [1.54, 1.807) is 0 Å². The predicted octanol–water partition coefficient (Wildman–Crippen LogP) is 1.73. The summed E-state index contributed by atoms with van der Waals surface area (Å²) in [6.07, 6.45) is 5.51. The predicted molar refractivity (Wildman–Crippen MR) is 74.8 cm³/mol. The van der Waals surface area contributed by atoms with Crippen molar-refractivity contribution in [3.05, 3.63) is 0 Å². The summed E-state index contributed by atoms with van der Waals surface area (Å²) in [5, 5.41) is 0. The van der Waals surface area contributed by atoms with Gasteiger partial charge in [-0.15, -0.1) is 0 Å². The zero-order chi connectivity index (χ0) is 13.5. The lowest BCUT2D eigenvalue weighted by atomic mass is 9.82. The van der Waals surface area contributed by atoms with Gasteiger partial charge in [0.15, 0.2) is 5.79 Å². The molecule has 2 heterocycles. The molecule has 110 valence electrons. The number of piperidine rings is 1. The topological polar surface area (TPSA) is 47.7 Å². The van der Waals surface area contributed by atoms with Crippen molar-refractivity contribution >= 4 is 0 Å². The van der Waals surface area contributed by atoms with Crippen LogP contribution in [0.3, 0.4) is 0 Å². The SMILES string of the molecule is CC1CCN(C2CC3(CCC2N)OCCO3)C(C)C1. The summed E-state index contributed by atoms with van der Waals surface area (Å²) in [5.74, 6) is 0.530. The number of nitrogens with zero attached hydrogens (tertiary/aromatic N) is 1. The molecule has 0 aromatic carbocycles. The average Bonchev–Trinajstić information content (AvgIpc) is 2.82. The Kier molecular flexibility index (Phi) is 3.87. The van der Waals surface area contributed by atoms with Crippen molar-refractivity contribution in [2.75, 3.05) is 19.8 Å². The molecule has 3 rings (SSSR count). The largest absolute Gasteiger partial charge is 0.347 e. The van der Waals surface area contributed by atoms with Crippen LogP contribution in [0.4, 0.5) is 0 Å². The van der Waals surface area contributed by atoms with Crippen LogP contribution in [0.2, 0.25) is 0 Å². The first kappa shape index (κ1) is 13.8. The highest BCUT2D eigenvalue weighted by molar-refractivity contribution is 4.97. The molecule has 1 saturated carbocycles. The molecule has 4 unspecified atom stereocenters. The number of nitrogens with two attached hydrogens (primary N) is 1. The van der Waals surface area contributed by atoms with Crippen molar-refractivity contribution in [2.45, 2.75) is 69.9 Å². The molecule has 1 spiro atoms. The molecule has 3 fully saturated rings. The Morgan fingerprint density at radius 2 is 1.89 bits per heavy atom. The minimum Gasteiger partial charge on any atom is -0.347 e. The molecule has 2 saturated heterocycles. The van der Waals surface area contributed by atoms with Crippen molar-refractivity contribution in [3.8, 4) is 0 Å². The Morgan fingerprint density at radius 3 is 2.58 bits per heavy atom. The smallest absolute Gasteiger partial charge is 0.170 e. The van der Waals surface area contributed by atoms with E-state index in [-0.39, 0.29) is 11.8 Å². The van der Waals surface area contributed by atoms with Gasteiger partial charge in [-0.1, -0.05) is 6.92 Å². The van der Waals surface area contributed by atoms with Crippen LogP contribution in [-0.4, -0.2) is 48.6 Å². The third-order valence-electron chi connectivity index (χ3n) is 5.30. The average molecular weight is 268 g/mol. The molecule has 1 aliphatic carbocycles. The third kappa shape index (κ3) is 2.68. The van der Waals surface area contributed by atoms with E-state index in [2.05, 4.69) is 18.7 Å². The summed E-state index contributed by atoms with van der Waals surface area (Å²) in [6, 6.07) is 1.33. The number of hydrogen-bond acceptors (Lipinski definition) is 4. The van der Waals surface area contributed by atoms with Crippen LogP contribution in [0.1, 0.15) is 46.0 Å². The zero-order valence-electron chi connectivity index (χ0n) is 12.3. The maximum Gasteiger partial charge on any atom is 0.170 e. The van der Waals surface area contributed by atoms with E-state index in [4.69, 9.17) is 15.2 Å². The summed E-state index contributed by atoms with van der Waals surface area (Å²) in [6.45, 7) is 7.37. The summed E-state index contributed by atoms with van der Waals surface area (Å²) >= 11 is 0. The Balaban J connectivity index is 1.71. The van der Waals surface area contributed by atoms with Gasteiger partial charge >= 0.3 is 0 Å². The molecule has 0 aromatic heterocycles. The molecule has 0 amide bonds. The molecule has 4 nitrogen and oxygen atoms in total. The van der Waals surface area contributed by atoms with Gasteiger partial charge in [0.2, 0.25) is 0 Å². The Labute approximate surface area is 116 Å². The summed E-state index contributed by atoms with van der Waals surface area (Å²) < 4.78 is 11.8. The lowest BCUT2D eigenvalue weighted by molar-refractivity contribution is -0.194. The van der Waals surface area contributed by atoms with Crippen molar-refractivity contribution in [1.29, 1.82) is 0 Å². The first-order chi connectivity index (χ1) is 9.10. The summed E-state index contributed by atoms with van der Waals surface area (Å²) in [5.41, 5.74) is 6.40. The molecule has 3 aliphatic rings. The Morgan fingerprint density at radius 1 is 1.16 bits per heavy atom. The highest BCUT2D eigenvalue weighted by Crippen LogP contribution is 2.39. The maximum atomic E-state index is 6.40. The lowest BCUT2D eigenvalue weighted by Crippen LogP contribution is -2.59. The van der Waals surface area contributed by atoms with Gasteiger partial charge in [-0.2, -0.15) is 0 Å². The van der Waals surface area contributed by atoms with Gasteiger partial charge in [0, 0.05) is 31.0 Å². The minimum atomic E-state index is -0.316. The van der Waals surface area contributed by atoms with Crippen LogP contribution in [0.5, 0.6) is 0 Å². The molecule has 0 bridgehead atoms. The van der Waals surface area contributed by atoms with Crippen molar-refractivity contribution in [1.82, 2.24) is 4.90 Å². The van der Waals surface area contributed by atoms with Gasteiger partial charge in [-0.3, -0.25) is 4.90 Å². The van der Waals surface area contributed by atoms with Gasteiger partial charge in [-0.05, 0) is 38.6 Å². The molecule has 2 N–H and O–H groups in total. The number of likely N-dealkylation sites (tertiary alicyclic amines) is 1. The quantitative estimate of drug-likeness (QED) is 0.787. The van der Waals surface area contributed by atoms with Gasteiger partial charge in [0.05, 0.1) is 13.2 Å². The van der Waals surface area contributed by atoms with E-state index in [1.807, 2.05) is 0 Å². The van der Waals surface area contributed by atoms with E-state index in [0.717, 1.165) is 38.4 Å². The van der Waals surface area contributed by atoms with E-state index >= 15 is 0 Å². The maximum absolute atomic E-state index is 6.40.